The van der Waals surface area contributed by atoms with Gasteiger partial charge in [-0.2, -0.15) is 5.10 Å². The van der Waals surface area contributed by atoms with Crippen LogP contribution in [-0.2, 0) is 0 Å². The van der Waals surface area contributed by atoms with Gasteiger partial charge in [-0.15, -0.1) is 0 Å². The molecule has 88 valence electrons. The highest BCUT2D eigenvalue weighted by molar-refractivity contribution is 9.10. The highest BCUT2D eigenvalue weighted by atomic mass is 79.9. The van der Waals surface area contributed by atoms with Gasteiger partial charge in [-0.05, 0) is 34.5 Å². The molecule has 1 heterocycles. The Hall–Kier alpha value is -1.82. The lowest BCUT2D eigenvalue weighted by Gasteiger charge is -2.08. The molecular formula is C11H11BrN4O. The number of aryl methyl sites for hydroxylation is 1. The summed E-state index contributed by atoms with van der Waals surface area (Å²) in [6.45, 7) is 1.95. The minimum Gasteiger partial charge on any atom is -0.383 e. The molecule has 4 N–H and O–H groups in total. The van der Waals surface area contributed by atoms with Crippen LogP contribution in [0.5, 0.6) is 0 Å². The smallest absolute Gasteiger partial charge is 0.261 e. The van der Waals surface area contributed by atoms with E-state index in [0.717, 1.165) is 10.0 Å². The summed E-state index contributed by atoms with van der Waals surface area (Å²) in [7, 11) is 0. The maximum Gasteiger partial charge on any atom is 0.261 e. The number of H-pyrrole nitrogens is 1. The van der Waals surface area contributed by atoms with E-state index in [9.17, 15) is 4.79 Å². The van der Waals surface area contributed by atoms with E-state index in [-0.39, 0.29) is 11.7 Å². The second kappa shape index (κ2) is 4.58. The van der Waals surface area contributed by atoms with Gasteiger partial charge >= 0.3 is 0 Å². The fourth-order valence-electron chi connectivity index (χ4n) is 1.41. The number of carbonyl (C=O) groups excluding carboxylic acids is 1. The number of nitrogens with one attached hydrogen (secondary N) is 2. The molecular weight excluding hydrogens is 284 g/mol. The number of aromatic nitrogens is 2. The van der Waals surface area contributed by atoms with E-state index in [1.165, 1.54) is 6.20 Å². The molecule has 0 aliphatic heterocycles. The van der Waals surface area contributed by atoms with Crippen molar-refractivity contribution >= 4 is 33.3 Å². The molecule has 0 aliphatic carbocycles. The van der Waals surface area contributed by atoms with Crippen LogP contribution in [0, 0.1) is 6.92 Å². The lowest BCUT2D eigenvalue weighted by atomic mass is 10.2. The second-order valence-corrected chi connectivity index (χ2v) is 4.38. The van der Waals surface area contributed by atoms with Crippen LogP contribution in [0.1, 0.15) is 15.9 Å². The summed E-state index contributed by atoms with van der Waals surface area (Å²) in [6.07, 6.45) is 1.40. The van der Waals surface area contributed by atoms with Crippen LogP contribution >= 0.6 is 15.9 Å². The molecule has 5 nitrogen and oxygen atoms in total. The Morgan fingerprint density at radius 2 is 2.29 bits per heavy atom. The number of rotatable bonds is 2. The van der Waals surface area contributed by atoms with Crippen molar-refractivity contribution in [2.45, 2.75) is 6.92 Å². The molecule has 0 saturated heterocycles. The molecule has 17 heavy (non-hydrogen) atoms. The van der Waals surface area contributed by atoms with Crippen molar-refractivity contribution in [3.8, 4) is 0 Å². The molecule has 0 bridgehead atoms. The zero-order chi connectivity index (χ0) is 12.4. The predicted molar refractivity (Wildman–Crippen MR) is 69.8 cm³/mol. The van der Waals surface area contributed by atoms with E-state index in [2.05, 4.69) is 31.4 Å². The Morgan fingerprint density at radius 1 is 1.53 bits per heavy atom. The summed E-state index contributed by atoms with van der Waals surface area (Å²) in [5.74, 6) is -0.0335. The molecule has 0 radical (unpaired) electrons. The monoisotopic (exact) mass is 294 g/mol. The van der Waals surface area contributed by atoms with E-state index in [0.29, 0.717) is 11.3 Å². The van der Waals surface area contributed by atoms with Crippen LogP contribution in [0.4, 0.5) is 11.5 Å². The Balaban J connectivity index is 2.25. The van der Waals surface area contributed by atoms with Gasteiger partial charge in [-0.3, -0.25) is 9.89 Å². The average molecular weight is 295 g/mol. The largest absolute Gasteiger partial charge is 0.383 e. The third-order valence-corrected chi connectivity index (χ3v) is 3.41. The van der Waals surface area contributed by atoms with Crippen molar-refractivity contribution in [2.24, 2.45) is 0 Å². The maximum atomic E-state index is 11.9. The first-order valence-corrected chi connectivity index (χ1v) is 5.74. The number of anilines is 2. The zero-order valence-corrected chi connectivity index (χ0v) is 10.7. The summed E-state index contributed by atoms with van der Waals surface area (Å²) in [6, 6.07) is 5.63. The van der Waals surface area contributed by atoms with Gasteiger partial charge in [0.2, 0.25) is 0 Å². The maximum absolute atomic E-state index is 11.9. The fourth-order valence-corrected chi connectivity index (χ4v) is 1.77. The molecule has 2 rings (SSSR count). The van der Waals surface area contributed by atoms with Crippen molar-refractivity contribution in [3.63, 3.8) is 0 Å². The van der Waals surface area contributed by atoms with Gasteiger partial charge in [-0.1, -0.05) is 12.1 Å². The van der Waals surface area contributed by atoms with Gasteiger partial charge in [0.25, 0.3) is 5.91 Å². The van der Waals surface area contributed by atoms with Crippen LogP contribution in [0.25, 0.3) is 0 Å². The molecule has 2 aromatic rings. The Labute approximate surface area is 107 Å². The van der Waals surface area contributed by atoms with Crippen LogP contribution in [0.15, 0.2) is 28.9 Å². The van der Waals surface area contributed by atoms with Gasteiger partial charge < -0.3 is 11.1 Å². The van der Waals surface area contributed by atoms with Gasteiger partial charge in [0, 0.05) is 4.47 Å². The zero-order valence-electron chi connectivity index (χ0n) is 9.12. The predicted octanol–water partition coefficient (Wildman–Crippen LogP) is 2.32. The molecule has 0 fully saturated rings. The molecule has 0 spiro atoms. The summed E-state index contributed by atoms with van der Waals surface area (Å²) in [5, 5.41) is 8.99. The van der Waals surface area contributed by atoms with Crippen LogP contribution in [-0.4, -0.2) is 16.1 Å². The Kier molecular flexibility index (Phi) is 3.14. The van der Waals surface area contributed by atoms with Crippen molar-refractivity contribution in [1.29, 1.82) is 0 Å². The topological polar surface area (TPSA) is 83.8 Å². The highest BCUT2D eigenvalue weighted by Crippen LogP contribution is 2.26. The van der Waals surface area contributed by atoms with Crippen LogP contribution in [0.2, 0.25) is 0 Å². The summed E-state index contributed by atoms with van der Waals surface area (Å²) < 4.78 is 0.857. The lowest BCUT2D eigenvalue weighted by molar-refractivity contribution is 0.102. The van der Waals surface area contributed by atoms with Gasteiger partial charge in [0.15, 0.2) is 0 Å². The van der Waals surface area contributed by atoms with Crippen LogP contribution < -0.4 is 11.1 Å². The molecule has 1 aromatic heterocycles. The second-order valence-electron chi connectivity index (χ2n) is 3.59. The Morgan fingerprint density at radius 3 is 2.94 bits per heavy atom. The summed E-state index contributed by atoms with van der Waals surface area (Å²) in [4.78, 5) is 11.9. The minimum atomic E-state index is -0.289. The summed E-state index contributed by atoms with van der Waals surface area (Å²) >= 11 is 3.42. The van der Waals surface area contributed by atoms with Gasteiger partial charge in [0.1, 0.15) is 11.4 Å². The molecule has 6 heteroatoms. The SMILES string of the molecule is Cc1cccc(NC(=O)c2cn[nH]c2N)c1Br. The number of halogens is 1. The number of nitrogens with two attached hydrogens (primary N) is 1. The standard InChI is InChI=1S/C11H11BrN4O/c1-6-3-2-4-8(9(6)12)15-11(17)7-5-14-16-10(7)13/h2-5H,1H3,(H,15,17)(H3,13,14,16). The van der Waals surface area contributed by atoms with Crippen molar-refractivity contribution < 1.29 is 4.79 Å². The quantitative estimate of drug-likeness (QED) is 0.795. The van der Waals surface area contributed by atoms with Crippen molar-refractivity contribution in [1.82, 2.24) is 10.2 Å². The number of aromatic amines is 1. The van der Waals surface area contributed by atoms with Crippen LogP contribution in [0.3, 0.4) is 0 Å². The number of carbonyl (C=O) groups is 1. The normalized spacial score (nSPS) is 10.2. The van der Waals surface area contributed by atoms with Gasteiger partial charge in [0.05, 0.1) is 11.9 Å². The number of nitrogens with zero attached hydrogens (tertiary/aromatic N) is 1. The van der Waals surface area contributed by atoms with E-state index < -0.39 is 0 Å². The Bertz CT molecular complexity index is 564. The first-order chi connectivity index (χ1) is 8.09. The number of hydrogen-bond acceptors (Lipinski definition) is 3. The van der Waals surface area contributed by atoms with E-state index in [1.54, 1.807) is 0 Å². The van der Waals surface area contributed by atoms with E-state index in [4.69, 9.17) is 5.73 Å². The van der Waals surface area contributed by atoms with Crippen molar-refractivity contribution in [2.75, 3.05) is 11.1 Å². The number of benzene rings is 1. The third-order valence-electron chi connectivity index (χ3n) is 2.35. The minimum absolute atomic E-state index is 0.256. The van der Waals surface area contributed by atoms with Gasteiger partial charge in [-0.25, -0.2) is 0 Å². The third kappa shape index (κ3) is 2.31. The number of nitrogen functional groups attached to an aromatic ring is 1. The molecule has 0 atom stereocenters. The fraction of sp³-hybridized carbons (Fsp3) is 0.0909. The summed E-state index contributed by atoms with van der Waals surface area (Å²) in [5.41, 5.74) is 7.65. The van der Waals surface area contributed by atoms with E-state index in [1.807, 2.05) is 25.1 Å². The molecule has 0 aliphatic rings. The first-order valence-electron chi connectivity index (χ1n) is 4.95. The van der Waals surface area contributed by atoms with E-state index >= 15 is 0 Å². The first kappa shape index (κ1) is 11.7. The number of hydrogen-bond donors (Lipinski definition) is 3. The highest BCUT2D eigenvalue weighted by Gasteiger charge is 2.13. The number of amides is 1. The lowest BCUT2D eigenvalue weighted by Crippen LogP contribution is -2.13. The average Bonchev–Trinajstić information content (AvgIpc) is 2.71. The molecule has 0 saturated carbocycles. The van der Waals surface area contributed by atoms with Crippen molar-refractivity contribution in [3.05, 3.63) is 40.0 Å². The molecule has 1 amide bonds. The molecule has 1 aromatic carbocycles. The molecule has 0 unspecified atom stereocenters.